The number of nitrogens with zero attached hydrogens (tertiary/aromatic N) is 6. The number of nitrogens with one attached hydrogen (secondary N) is 4. The number of hydrogen-bond donors (Lipinski definition) is 5. The van der Waals surface area contributed by atoms with E-state index in [1.807, 2.05) is 0 Å². The van der Waals surface area contributed by atoms with Crippen molar-refractivity contribution in [3.63, 3.8) is 0 Å². The van der Waals surface area contributed by atoms with Gasteiger partial charge in [0.25, 0.3) is 11.1 Å². The monoisotopic (exact) mass is 960 g/mol. The van der Waals surface area contributed by atoms with Crippen molar-refractivity contribution < 1.29 is 42.5 Å². The van der Waals surface area contributed by atoms with Crippen LogP contribution in [0.4, 0.5) is 11.9 Å². The number of aromatic amines is 2. The molecule has 21 nitrogen and oxygen atoms in total. The summed E-state index contributed by atoms with van der Waals surface area (Å²) >= 11 is 0. The lowest BCUT2D eigenvalue weighted by Crippen LogP contribution is -2.50. The van der Waals surface area contributed by atoms with Gasteiger partial charge in [-0.3, -0.25) is 48.9 Å². The van der Waals surface area contributed by atoms with E-state index in [4.69, 9.17) is 27.8 Å². The van der Waals surface area contributed by atoms with Crippen LogP contribution in [0.1, 0.15) is 95.0 Å². The van der Waals surface area contributed by atoms with Crippen LogP contribution in [0.5, 0.6) is 0 Å². The Morgan fingerprint density at radius 3 is 1.39 bits per heavy atom. The van der Waals surface area contributed by atoms with Gasteiger partial charge in [-0.1, -0.05) is 76.2 Å². The third-order valence-corrected chi connectivity index (χ3v) is 22.1. The highest BCUT2D eigenvalue weighted by atomic mass is 28.4. The Hall–Kier alpha value is -4.21. The zero-order chi connectivity index (χ0) is 49.4. The fourth-order valence-corrected chi connectivity index (χ4v) is 9.66. The quantitative estimate of drug-likeness (QED) is 0.0987. The second-order valence-corrected chi connectivity index (χ2v) is 30.1. The molecule has 2 unspecified atom stereocenters. The molecule has 2 aliphatic rings. The lowest BCUT2D eigenvalue weighted by atomic mass is 10.1. The van der Waals surface area contributed by atoms with E-state index in [1.54, 1.807) is 51.0 Å². The first-order valence-electron chi connectivity index (χ1n) is 22.5. The van der Waals surface area contributed by atoms with Gasteiger partial charge in [0.15, 0.2) is 51.4 Å². The fourth-order valence-electron chi connectivity index (χ4n) is 7.02. The summed E-state index contributed by atoms with van der Waals surface area (Å²) in [5, 5.41) is 15.3. The van der Waals surface area contributed by atoms with E-state index < -0.39 is 64.6 Å². The Morgan fingerprint density at radius 2 is 1.08 bits per heavy atom. The van der Waals surface area contributed by atoms with E-state index >= 15 is 0 Å². The van der Waals surface area contributed by atoms with Gasteiger partial charge in [-0.15, -0.1) is 0 Å². The second kappa shape index (κ2) is 20.2. The average molecular weight is 961 g/mol. The molecular formula is C43H72N10O11Si2. The number of anilines is 2. The Bertz CT molecular complexity index is 2290. The number of imidazole rings is 2. The molecule has 2 amide bonds. The molecule has 66 heavy (non-hydrogen) atoms. The van der Waals surface area contributed by atoms with E-state index in [0.717, 1.165) is 6.42 Å². The summed E-state index contributed by atoms with van der Waals surface area (Å²) in [4.78, 5) is 71.8. The molecular weight excluding hydrogens is 889 g/mol. The van der Waals surface area contributed by atoms with E-state index in [0.29, 0.717) is 5.65 Å². The van der Waals surface area contributed by atoms with E-state index in [-0.39, 0.29) is 81.1 Å². The summed E-state index contributed by atoms with van der Waals surface area (Å²) in [6.07, 6.45) is -0.221. The minimum absolute atomic E-state index is 0.0210. The van der Waals surface area contributed by atoms with Crippen LogP contribution < -0.4 is 21.8 Å². The summed E-state index contributed by atoms with van der Waals surface area (Å²) in [6, 6.07) is 0. The number of carbonyl (C=O) groups is 2. The number of fused-ring (bicyclic) bond motifs is 2. The number of aliphatic hydroxyl groups excluding tert-OH is 1. The highest BCUT2D eigenvalue weighted by molar-refractivity contribution is 6.74. The summed E-state index contributed by atoms with van der Waals surface area (Å²) in [6.45, 7) is 30.4. The number of hydrogen-bond acceptors (Lipinski definition) is 15. The molecule has 6 heterocycles. The lowest BCUT2D eigenvalue weighted by Gasteiger charge is -2.40. The maximum Gasteiger partial charge on any atom is 0.280 e. The SMILES string of the molecule is CC[C@H]1O[C@@H](n2cnc3c(=O)[nH]c(NC(=O)C(C)C)nc32)[C@@H](OC)C1O[Si](C)(C)C(C)(C)C.CO[C@H]1C(O[Si](C)(C)C(C)(C)C)[C@@H](CO)O[C@H]1n1cnc2c(=O)[nH]c(NC(=O)C(C)C)nc21. The minimum Gasteiger partial charge on any atom is -0.408 e. The average Bonchev–Trinajstić information content (AvgIpc) is 3.99. The molecule has 0 saturated carbocycles. The van der Waals surface area contributed by atoms with Crippen molar-refractivity contribution in [3.05, 3.63) is 33.4 Å². The standard InChI is InChI=1S/C22H37N5O5Si.C21H35N5O6Si/c1-10-13-15(32-33(8,9)22(4,5)6)16(30-7)20(31-13)27-11-23-14-17(27)24-21(26-19(14)29)25-18(28)12(2)3;1-11(2)17(28)24-20-23-16-13(18(29)25-20)22-10-26(16)19-15(30-6)14(12(9-27)31-19)32-33(7,8)21(3,4)5/h11-13,15-16,20H,10H2,1-9H3,(H2,24,25,26,28,29);10-12,14-15,19,27H,9H2,1-8H3,(H2,23,24,25,28,29)/t13-,15?,16+,20-;12-,14?,15+,19-/m11/s1. The molecule has 2 aliphatic heterocycles. The Balaban J connectivity index is 0.000000247. The van der Waals surface area contributed by atoms with Crippen molar-refractivity contribution in [2.24, 2.45) is 11.8 Å². The van der Waals surface area contributed by atoms with Gasteiger partial charge >= 0.3 is 0 Å². The molecule has 23 heteroatoms. The van der Waals surface area contributed by atoms with E-state index in [1.165, 1.54) is 12.7 Å². The maximum absolute atomic E-state index is 12.6. The fraction of sp³-hybridized carbons (Fsp3) is 0.721. The number of aromatic nitrogens is 8. The lowest BCUT2D eigenvalue weighted by molar-refractivity contribution is -0.119. The largest absolute Gasteiger partial charge is 0.408 e. The Labute approximate surface area is 387 Å². The summed E-state index contributed by atoms with van der Waals surface area (Å²) < 4.78 is 40.8. The van der Waals surface area contributed by atoms with Gasteiger partial charge in [-0.25, -0.2) is 9.97 Å². The normalized spacial score (nSPS) is 24.1. The first kappa shape index (κ1) is 52.8. The molecule has 2 fully saturated rings. The molecule has 5 N–H and O–H groups in total. The maximum atomic E-state index is 12.6. The molecule has 6 rings (SSSR count). The Morgan fingerprint density at radius 1 is 0.712 bits per heavy atom. The van der Waals surface area contributed by atoms with Gasteiger partial charge < -0.3 is 32.9 Å². The van der Waals surface area contributed by atoms with Gasteiger partial charge in [0.1, 0.15) is 30.5 Å². The van der Waals surface area contributed by atoms with Crippen LogP contribution in [0.25, 0.3) is 22.3 Å². The molecule has 368 valence electrons. The molecule has 0 aromatic carbocycles. The molecule has 2 saturated heterocycles. The van der Waals surface area contributed by atoms with Crippen molar-refractivity contribution in [2.45, 2.75) is 168 Å². The zero-order valence-electron chi connectivity index (χ0n) is 41.6. The van der Waals surface area contributed by atoms with Gasteiger partial charge in [0.2, 0.25) is 23.7 Å². The van der Waals surface area contributed by atoms with E-state index in [2.05, 4.69) is 115 Å². The third kappa shape index (κ3) is 10.9. The molecule has 0 bridgehead atoms. The number of amides is 2. The summed E-state index contributed by atoms with van der Waals surface area (Å²) in [5.41, 5.74) is -0.117. The van der Waals surface area contributed by atoms with E-state index in [9.17, 15) is 24.3 Å². The van der Waals surface area contributed by atoms with Crippen LogP contribution in [0.3, 0.4) is 0 Å². The first-order chi connectivity index (χ1) is 30.6. The number of H-pyrrole nitrogens is 2. The number of aliphatic hydroxyl groups is 1. The van der Waals surface area contributed by atoms with Crippen molar-refractivity contribution in [3.8, 4) is 0 Å². The predicted octanol–water partition coefficient (Wildman–Crippen LogP) is 5.44. The number of rotatable bonds is 14. The van der Waals surface area contributed by atoms with Crippen LogP contribution in [0.15, 0.2) is 22.2 Å². The Kier molecular flexibility index (Phi) is 16.1. The molecule has 0 radical (unpaired) electrons. The van der Waals surface area contributed by atoms with Crippen LogP contribution in [0, 0.1) is 11.8 Å². The zero-order valence-corrected chi connectivity index (χ0v) is 43.6. The molecule has 4 aromatic rings. The number of ether oxygens (including phenoxy) is 4. The van der Waals surface area contributed by atoms with Crippen LogP contribution in [0.2, 0.25) is 36.3 Å². The number of carbonyl (C=O) groups excluding carboxylic acids is 2. The van der Waals surface area contributed by atoms with Crippen molar-refractivity contribution >= 4 is 62.7 Å². The smallest absolute Gasteiger partial charge is 0.280 e. The third-order valence-electron chi connectivity index (χ3n) is 13.1. The van der Waals surface area contributed by atoms with Gasteiger partial charge in [0, 0.05) is 26.1 Å². The highest BCUT2D eigenvalue weighted by Crippen LogP contribution is 2.44. The molecule has 0 aliphatic carbocycles. The van der Waals surface area contributed by atoms with Crippen LogP contribution in [-0.4, -0.2) is 130 Å². The van der Waals surface area contributed by atoms with Crippen molar-refractivity contribution in [2.75, 3.05) is 31.5 Å². The minimum atomic E-state index is -2.22. The highest BCUT2D eigenvalue weighted by Gasteiger charge is 2.52. The molecule has 8 atom stereocenters. The first-order valence-corrected chi connectivity index (χ1v) is 28.3. The summed E-state index contributed by atoms with van der Waals surface area (Å²) in [7, 11) is -1.13. The summed E-state index contributed by atoms with van der Waals surface area (Å²) in [5.74, 6) is -0.979. The van der Waals surface area contributed by atoms with Crippen LogP contribution in [-0.2, 0) is 37.4 Å². The van der Waals surface area contributed by atoms with Crippen LogP contribution >= 0.6 is 0 Å². The van der Waals surface area contributed by atoms with Gasteiger partial charge in [0.05, 0.1) is 25.4 Å². The predicted molar refractivity (Wildman–Crippen MR) is 254 cm³/mol. The number of methoxy groups -OCH3 is 2. The molecule has 4 aromatic heterocycles. The van der Waals surface area contributed by atoms with Crippen molar-refractivity contribution in [1.82, 2.24) is 39.0 Å². The molecule has 0 spiro atoms. The second-order valence-electron chi connectivity index (χ2n) is 20.6. The van der Waals surface area contributed by atoms with Gasteiger partial charge in [-0.2, -0.15) is 9.97 Å². The topological polar surface area (TPSA) is 261 Å². The van der Waals surface area contributed by atoms with Gasteiger partial charge in [-0.05, 0) is 42.7 Å². The van der Waals surface area contributed by atoms with Crippen molar-refractivity contribution in [1.29, 1.82) is 0 Å².